The molecule has 0 unspecified atom stereocenters. The Morgan fingerprint density at radius 1 is 1.27 bits per heavy atom. The molecule has 0 radical (unpaired) electrons. The number of furan rings is 1. The van der Waals surface area contributed by atoms with E-state index in [0.29, 0.717) is 17.3 Å². The first-order chi connectivity index (χ1) is 10.7. The summed E-state index contributed by atoms with van der Waals surface area (Å²) < 4.78 is 15.7. The number of thioether (sulfide) groups is 1. The van der Waals surface area contributed by atoms with Crippen molar-refractivity contribution in [2.24, 2.45) is 0 Å². The summed E-state index contributed by atoms with van der Waals surface area (Å²) >= 11 is 1.44. The van der Waals surface area contributed by atoms with E-state index in [9.17, 15) is 4.79 Å². The minimum absolute atomic E-state index is 0.232. The smallest absolute Gasteiger partial charge is 0.374 e. The van der Waals surface area contributed by atoms with Gasteiger partial charge in [-0.1, -0.05) is 36.0 Å². The van der Waals surface area contributed by atoms with Crippen LogP contribution in [0.5, 0.6) is 5.75 Å². The lowest BCUT2D eigenvalue weighted by atomic mass is 10.1. The van der Waals surface area contributed by atoms with E-state index in [0.717, 1.165) is 11.3 Å². The molecule has 4 nitrogen and oxygen atoms in total. The Kier molecular flexibility index (Phi) is 5.72. The first kappa shape index (κ1) is 16.2. The van der Waals surface area contributed by atoms with Crippen LogP contribution in [-0.4, -0.2) is 25.9 Å². The van der Waals surface area contributed by atoms with E-state index in [1.165, 1.54) is 11.8 Å². The highest BCUT2D eigenvalue weighted by Crippen LogP contribution is 2.25. The maximum atomic E-state index is 11.9. The van der Waals surface area contributed by atoms with Gasteiger partial charge in [0.1, 0.15) is 5.75 Å². The third-order valence-electron chi connectivity index (χ3n) is 2.97. The van der Waals surface area contributed by atoms with Crippen LogP contribution in [-0.2, 0) is 4.74 Å². The van der Waals surface area contributed by atoms with Crippen molar-refractivity contribution in [1.29, 1.82) is 0 Å². The average Bonchev–Trinajstić information content (AvgIpc) is 2.97. The van der Waals surface area contributed by atoms with Crippen molar-refractivity contribution in [3.05, 3.63) is 47.2 Å². The molecule has 1 aromatic carbocycles. The van der Waals surface area contributed by atoms with Crippen molar-refractivity contribution < 1.29 is 18.7 Å². The van der Waals surface area contributed by atoms with Crippen LogP contribution in [0.4, 0.5) is 0 Å². The number of benzene rings is 1. The molecule has 0 aliphatic carbocycles. The largest absolute Gasteiger partial charge is 0.497 e. The predicted molar refractivity (Wildman–Crippen MR) is 88.4 cm³/mol. The van der Waals surface area contributed by atoms with Crippen molar-refractivity contribution in [3.8, 4) is 5.75 Å². The molecule has 0 fully saturated rings. The Morgan fingerprint density at radius 2 is 2.00 bits per heavy atom. The zero-order valence-corrected chi connectivity index (χ0v) is 13.6. The zero-order valence-electron chi connectivity index (χ0n) is 12.8. The molecular weight excluding hydrogens is 300 g/mol. The molecule has 0 aliphatic rings. The highest BCUT2D eigenvalue weighted by atomic mass is 32.2. The quantitative estimate of drug-likeness (QED) is 0.585. The molecule has 0 amide bonds. The van der Waals surface area contributed by atoms with E-state index >= 15 is 0 Å². The van der Waals surface area contributed by atoms with Crippen molar-refractivity contribution in [3.63, 3.8) is 0 Å². The molecule has 22 heavy (non-hydrogen) atoms. The number of esters is 1. The van der Waals surface area contributed by atoms with E-state index in [1.54, 1.807) is 14.0 Å². The average molecular weight is 318 g/mol. The first-order valence-electron chi connectivity index (χ1n) is 6.85. The lowest BCUT2D eigenvalue weighted by molar-refractivity contribution is 0.0484. The van der Waals surface area contributed by atoms with Crippen LogP contribution in [0, 0.1) is 0 Å². The van der Waals surface area contributed by atoms with E-state index in [1.807, 2.05) is 48.7 Å². The van der Waals surface area contributed by atoms with Crippen LogP contribution >= 0.6 is 11.8 Å². The first-order valence-corrected chi connectivity index (χ1v) is 8.07. The lowest BCUT2D eigenvalue weighted by Gasteiger charge is -2.00. The molecule has 0 N–H and O–H groups in total. The molecule has 0 bridgehead atoms. The second kappa shape index (κ2) is 7.75. The minimum atomic E-state index is -0.447. The van der Waals surface area contributed by atoms with Gasteiger partial charge in [-0.05, 0) is 36.9 Å². The molecule has 0 saturated heterocycles. The molecule has 0 spiro atoms. The fourth-order valence-corrected chi connectivity index (χ4v) is 2.27. The molecule has 5 heteroatoms. The van der Waals surface area contributed by atoms with E-state index in [4.69, 9.17) is 13.9 Å². The number of hydrogen-bond donors (Lipinski definition) is 0. The fourth-order valence-electron chi connectivity index (χ4n) is 1.86. The van der Waals surface area contributed by atoms with Crippen molar-refractivity contribution in [1.82, 2.24) is 0 Å². The number of carbonyl (C=O) groups is 1. The Balaban J connectivity index is 2.24. The molecule has 116 valence electrons. The number of methoxy groups -OCH3 is 1. The highest BCUT2D eigenvalue weighted by Gasteiger charge is 2.17. The highest BCUT2D eigenvalue weighted by molar-refractivity contribution is 7.98. The third kappa shape index (κ3) is 3.95. The molecule has 2 aromatic rings. The van der Waals surface area contributed by atoms with Gasteiger partial charge < -0.3 is 13.9 Å². The molecule has 0 aliphatic heterocycles. The molecule has 0 saturated carbocycles. The number of ether oxygens (including phenoxy) is 2. The van der Waals surface area contributed by atoms with Gasteiger partial charge in [0.25, 0.3) is 0 Å². The Morgan fingerprint density at radius 3 is 2.59 bits per heavy atom. The monoisotopic (exact) mass is 318 g/mol. The molecule has 1 aromatic heterocycles. The van der Waals surface area contributed by atoms with Gasteiger partial charge in [-0.2, -0.15) is 0 Å². The summed E-state index contributed by atoms with van der Waals surface area (Å²) in [5.41, 5.74) is 1.71. The topological polar surface area (TPSA) is 48.7 Å². The van der Waals surface area contributed by atoms with Gasteiger partial charge in [-0.25, -0.2) is 4.79 Å². The number of carbonyl (C=O) groups excluding carboxylic acids is 1. The van der Waals surface area contributed by atoms with Gasteiger partial charge in [0.15, 0.2) is 5.09 Å². The summed E-state index contributed by atoms with van der Waals surface area (Å²) in [7, 11) is 1.63. The summed E-state index contributed by atoms with van der Waals surface area (Å²) in [5.74, 6) is 0.588. The molecule has 2 rings (SSSR count). The SMILES string of the molecule is CCOC(=O)c1oc(SC)cc1/C=C/c1ccc(OC)cc1. The van der Waals surface area contributed by atoms with Crippen LogP contribution in [0.15, 0.2) is 39.8 Å². The number of hydrogen-bond acceptors (Lipinski definition) is 5. The van der Waals surface area contributed by atoms with E-state index in [-0.39, 0.29) is 5.76 Å². The van der Waals surface area contributed by atoms with Crippen LogP contribution in [0.1, 0.15) is 28.6 Å². The summed E-state index contributed by atoms with van der Waals surface area (Å²) in [6, 6.07) is 9.48. The van der Waals surface area contributed by atoms with E-state index in [2.05, 4.69) is 0 Å². The van der Waals surface area contributed by atoms with Gasteiger partial charge in [-0.3, -0.25) is 0 Å². The van der Waals surface area contributed by atoms with Gasteiger partial charge in [-0.15, -0.1) is 0 Å². The van der Waals surface area contributed by atoms with E-state index < -0.39 is 5.97 Å². The van der Waals surface area contributed by atoms with Crippen LogP contribution in [0.2, 0.25) is 0 Å². The lowest BCUT2D eigenvalue weighted by Crippen LogP contribution is -2.04. The molecular formula is C17H18O4S. The van der Waals surface area contributed by atoms with Gasteiger partial charge in [0, 0.05) is 5.56 Å². The predicted octanol–water partition coefficient (Wildman–Crippen LogP) is 4.36. The van der Waals surface area contributed by atoms with Gasteiger partial charge >= 0.3 is 5.97 Å². The van der Waals surface area contributed by atoms with Crippen molar-refractivity contribution >= 4 is 29.9 Å². The zero-order chi connectivity index (χ0) is 15.9. The fraction of sp³-hybridized carbons (Fsp3) is 0.235. The Hall–Kier alpha value is -2.14. The Bertz CT molecular complexity index is 656. The summed E-state index contributed by atoms with van der Waals surface area (Å²) in [6.45, 7) is 2.08. The van der Waals surface area contributed by atoms with Crippen molar-refractivity contribution in [2.75, 3.05) is 20.0 Å². The van der Waals surface area contributed by atoms with Crippen LogP contribution in [0.3, 0.4) is 0 Å². The van der Waals surface area contributed by atoms with Crippen molar-refractivity contribution in [2.45, 2.75) is 12.0 Å². The van der Waals surface area contributed by atoms with Crippen LogP contribution < -0.4 is 4.74 Å². The van der Waals surface area contributed by atoms with Gasteiger partial charge in [0.2, 0.25) is 5.76 Å². The number of rotatable bonds is 6. The molecule has 1 heterocycles. The second-order valence-electron chi connectivity index (χ2n) is 4.38. The Labute approximate surface area is 134 Å². The van der Waals surface area contributed by atoms with Gasteiger partial charge in [0.05, 0.1) is 13.7 Å². The normalized spacial score (nSPS) is 10.9. The maximum absolute atomic E-state index is 11.9. The summed E-state index contributed by atoms with van der Waals surface area (Å²) in [4.78, 5) is 11.9. The second-order valence-corrected chi connectivity index (χ2v) is 5.19. The summed E-state index contributed by atoms with van der Waals surface area (Å²) in [6.07, 6.45) is 5.65. The van der Waals surface area contributed by atoms with Crippen LogP contribution in [0.25, 0.3) is 12.2 Å². The summed E-state index contributed by atoms with van der Waals surface area (Å²) in [5, 5.41) is 0.678. The standard InChI is InChI=1S/C17H18O4S/c1-4-20-17(18)16-13(11-15(21-16)22-3)8-5-12-6-9-14(19-2)10-7-12/h5-11H,4H2,1-3H3/b8-5+. The molecule has 0 atom stereocenters. The minimum Gasteiger partial charge on any atom is -0.497 e. The third-order valence-corrected chi connectivity index (χ3v) is 3.57. The maximum Gasteiger partial charge on any atom is 0.374 e.